The van der Waals surface area contributed by atoms with Gasteiger partial charge in [0, 0.05) is 4.90 Å². The molecule has 0 N–H and O–H groups in total. The molecule has 6 heteroatoms. The predicted octanol–water partition coefficient (Wildman–Crippen LogP) is -1.68. The molecular formula is C7H7NaO3S2. The number of thioether (sulfide) groups is 1. The van der Waals surface area contributed by atoms with Gasteiger partial charge in [-0.05, 0) is 18.4 Å². The number of hydrogen-bond acceptors (Lipinski definition) is 4. The van der Waals surface area contributed by atoms with Crippen LogP contribution < -0.4 is 29.6 Å². The fourth-order valence-electron chi connectivity index (χ4n) is 0.825. The Morgan fingerprint density at radius 2 is 1.85 bits per heavy atom. The molecule has 0 fully saturated rings. The van der Waals surface area contributed by atoms with Crippen molar-refractivity contribution in [3.05, 3.63) is 24.3 Å². The molecule has 0 aliphatic carbocycles. The maximum Gasteiger partial charge on any atom is 1.00 e. The van der Waals surface area contributed by atoms with Gasteiger partial charge < -0.3 is 4.55 Å². The summed E-state index contributed by atoms with van der Waals surface area (Å²) >= 11 is 1.24. The summed E-state index contributed by atoms with van der Waals surface area (Å²) in [6.07, 6.45) is 1.73. The third-order valence-electron chi connectivity index (χ3n) is 1.34. The van der Waals surface area contributed by atoms with Crippen LogP contribution >= 0.6 is 11.8 Å². The second-order valence-electron chi connectivity index (χ2n) is 2.10. The van der Waals surface area contributed by atoms with E-state index in [0.29, 0.717) is 4.90 Å². The first-order chi connectivity index (χ1) is 5.55. The van der Waals surface area contributed by atoms with Crippen LogP contribution in [0.3, 0.4) is 0 Å². The van der Waals surface area contributed by atoms with Crippen molar-refractivity contribution in [2.75, 3.05) is 6.26 Å². The molecule has 0 saturated heterocycles. The van der Waals surface area contributed by atoms with Crippen molar-refractivity contribution in [3.63, 3.8) is 0 Å². The Labute approximate surface area is 104 Å². The monoisotopic (exact) mass is 226 g/mol. The van der Waals surface area contributed by atoms with Crippen LogP contribution in [0.25, 0.3) is 0 Å². The zero-order chi connectivity index (χ0) is 9.19. The van der Waals surface area contributed by atoms with Gasteiger partial charge in [0.15, 0.2) is 0 Å². The van der Waals surface area contributed by atoms with Crippen molar-refractivity contribution in [2.24, 2.45) is 0 Å². The van der Waals surface area contributed by atoms with E-state index in [-0.39, 0.29) is 34.5 Å². The van der Waals surface area contributed by atoms with Crippen LogP contribution in [0, 0.1) is 0 Å². The van der Waals surface area contributed by atoms with Crippen LogP contribution in [-0.2, 0) is 10.1 Å². The minimum Gasteiger partial charge on any atom is -0.744 e. The Balaban J connectivity index is 0.00000144. The number of benzene rings is 1. The molecule has 0 bridgehead atoms. The van der Waals surface area contributed by atoms with E-state index in [2.05, 4.69) is 0 Å². The van der Waals surface area contributed by atoms with E-state index in [9.17, 15) is 13.0 Å². The van der Waals surface area contributed by atoms with Crippen molar-refractivity contribution in [2.45, 2.75) is 9.79 Å². The average Bonchev–Trinajstić information content (AvgIpc) is 2.03. The molecule has 0 saturated carbocycles. The number of hydrogen-bond donors (Lipinski definition) is 0. The van der Waals surface area contributed by atoms with Gasteiger partial charge in [-0.15, -0.1) is 11.8 Å². The van der Waals surface area contributed by atoms with E-state index in [1.165, 1.54) is 23.9 Å². The molecule has 0 amide bonds. The Bertz CT molecular complexity index is 375. The summed E-state index contributed by atoms with van der Waals surface area (Å²) < 4.78 is 31.9. The average molecular weight is 226 g/mol. The summed E-state index contributed by atoms with van der Waals surface area (Å²) in [4.78, 5) is 0.352. The molecule has 0 heterocycles. The molecule has 0 unspecified atom stereocenters. The minimum absolute atomic E-state index is 0. The van der Waals surface area contributed by atoms with Crippen LogP contribution in [0.1, 0.15) is 0 Å². The first-order valence-corrected chi connectivity index (χ1v) is 5.78. The molecule has 0 aliphatic rings. The molecular weight excluding hydrogens is 219 g/mol. The van der Waals surface area contributed by atoms with Gasteiger partial charge in [0.2, 0.25) is 0 Å². The minimum atomic E-state index is -4.32. The van der Waals surface area contributed by atoms with Crippen molar-refractivity contribution in [1.29, 1.82) is 0 Å². The molecule has 1 rings (SSSR count). The van der Waals surface area contributed by atoms with Crippen LogP contribution in [0.15, 0.2) is 34.1 Å². The smallest absolute Gasteiger partial charge is 0.744 e. The van der Waals surface area contributed by atoms with Gasteiger partial charge in [0.25, 0.3) is 0 Å². The Hall–Kier alpha value is 0.480. The Morgan fingerprint density at radius 3 is 2.23 bits per heavy atom. The van der Waals surface area contributed by atoms with Crippen molar-refractivity contribution < 1.29 is 42.5 Å². The van der Waals surface area contributed by atoms with E-state index in [1.807, 2.05) is 0 Å². The van der Waals surface area contributed by atoms with Gasteiger partial charge in [-0.3, -0.25) is 0 Å². The number of rotatable bonds is 2. The standard InChI is InChI=1S/C7H8O3S2.Na/c1-11-6-4-2-3-5-7(6)12(8,9)10;/h2-5H,1H3,(H,8,9,10);/q;+1/p-1. The van der Waals surface area contributed by atoms with Gasteiger partial charge in [-0.1, -0.05) is 12.1 Å². The van der Waals surface area contributed by atoms with Crippen LogP contribution in [0.4, 0.5) is 0 Å². The van der Waals surface area contributed by atoms with E-state index < -0.39 is 10.1 Å². The van der Waals surface area contributed by atoms with Gasteiger partial charge in [0.05, 0.1) is 4.90 Å². The second kappa shape index (κ2) is 5.38. The molecule has 0 aliphatic heterocycles. The van der Waals surface area contributed by atoms with Gasteiger partial charge in [-0.25, -0.2) is 8.42 Å². The Morgan fingerprint density at radius 1 is 1.31 bits per heavy atom. The molecule has 1 aromatic rings. The molecule has 66 valence electrons. The first kappa shape index (κ1) is 13.5. The van der Waals surface area contributed by atoms with Crippen molar-refractivity contribution in [3.8, 4) is 0 Å². The topological polar surface area (TPSA) is 57.2 Å². The molecule has 0 atom stereocenters. The summed E-state index contributed by atoms with van der Waals surface area (Å²) in [6, 6.07) is 6.15. The first-order valence-electron chi connectivity index (χ1n) is 3.14. The van der Waals surface area contributed by atoms with Gasteiger partial charge >= 0.3 is 29.6 Å². The van der Waals surface area contributed by atoms with E-state index >= 15 is 0 Å². The van der Waals surface area contributed by atoms with Gasteiger partial charge in [0.1, 0.15) is 10.1 Å². The molecule has 0 radical (unpaired) electrons. The van der Waals surface area contributed by atoms with Crippen molar-refractivity contribution >= 4 is 21.9 Å². The van der Waals surface area contributed by atoms with E-state index in [0.717, 1.165) is 0 Å². The SMILES string of the molecule is CSc1ccccc1S(=O)(=O)[O-].[Na+]. The molecule has 0 spiro atoms. The Kier molecular flexibility index (Phi) is 5.58. The zero-order valence-corrected chi connectivity index (χ0v) is 11.0. The van der Waals surface area contributed by atoms with Crippen molar-refractivity contribution in [1.82, 2.24) is 0 Å². The maximum absolute atomic E-state index is 10.6. The third kappa shape index (κ3) is 3.61. The zero-order valence-electron chi connectivity index (χ0n) is 7.35. The summed E-state index contributed by atoms with van der Waals surface area (Å²) in [5.41, 5.74) is 0. The predicted molar refractivity (Wildman–Crippen MR) is 46.2 cm³/mol. The molecule has 1 aromatic carbocycles. The molecule has 3 nitrogen and oxygen atoms in total. The van der Waals surface area contributed by atoms with Crippen LogP contribution in [0.2, 0.25) is 0 Å². The molecule has 13 heavy (non-hydrogen) atoms. The normalized spacial score (nSPS) is 10.6. The van der Waals surface area contributed by atoms with Crippen LogP contribution in [0.5, 0.6) is 0 Å². The molecule has 0 aromatic heterocycles. The quantitative estimate of drug-likeness (QED) is 0.343. The van der Waals surface area contributed by atoms with E-state index in [1.54, 1.807) is 18.4 Å². The third-order valence-corrected chi connectivity index (χ3v) is 3.16. The fourth-order valence-corrected chi connectivity index (χ4v) is 2.43. The second-order valence-corrected chi connectivity index (χ2v) is 4.30. The van der Waals surface area contributed by atoms with Crippen LogP contribution in [-0.4, -0.2) is 19.2 Å². The summed E-state index contributed by atoms with van der Waals surface area (Å²) in [5.74, 6) is 0. The van der Waals surface area contributed by atoms with Gasteiger partial charge in [-0.2, -0.15) is 0 Å². The maximum atomic E-state index is 10.6. The summed E-state index contributed by atoms with van der Waals surface area (Å²) in [5, 5.41) is 0. The summed E-state index contributed by atoms with van der Waals surface area (Å²) in [6.45, 7) is 0. The van der Waals surface area contributed by atoms with E-state index in [4.69, 9.17) is 0 Å². The fraction of sp³-hybridized carbons (Fsp3) is 0.143. The largest absolute Gasteiger partial charge is 1.00 e. The summed E-state index contributed by atoms with van der Waals surface area (Å²) in [7, 11) is -4.32.